The molecule has 1 unspecified atom stereocenters. The van der Waals surface area contributed by atoms with Gasteiger partial charge in [-0.15, -0.1) is 0 Å². The van der Waals surface area contributed by atoms with E-state index >= 15 is 0 Å². The van der Waals surface area contributed by atoms with E-state index < -0.39 is 0 Å². The van der Waals surface area contributed by atoms with E-state index in [-0.39, 0.29) is 17.7 Å². The molecule has 1 aromatic heterocycles. The fourth-order valence-electron chi connectivity index (χ4n) is 2.77. The van der Waals surface area contributed by atoms with Gasteiger partial charge in [0.05, 0.1) is 7.11 Å². The second kappa shape index (κ2) is 7.01. The van der Waals surface area contributed by atoms with E-state index in [0.29, 0.717) is 6.54 Å². The SMILES string of the molecule is COc1cccc(C(Cn2c(O)ccc2O)c2ccc(Br)cc2)c1. The Morgan fingerprint density at radius 2 is 1.62 bits per heavy atom. The van der Waals surface area contributed by atoms with Gasteiger partial charge in [-0.05, 0) is 35.4 Å². The average molecular weight is 388 g/mol. The van der Waals surface area contributed by atoms with E-state index in [0.717, 1.165) is 21.3 Å². The molecule has 0 aliphatic rings. The maximum atomic E-state index is 9.99. The van der Waals surface area contributed by atoms with Gasteiger partial charge in [-0.3, -0.25) is 4.57 Å². The first-order chi connectivity index (χ1) is 11.6. The van der Waals surface area contributed by atoms with Crippen LogP contribution in [0.2, 0.25) is 0 Å². The number of hydrogen-bond donors (Lipinski definition) is 2. The van der Waals surface area contributed by atoms with Crippen molar-refractivity contribution in [1.29, 1.82) is 0 Å². The molecule has 4 nitrogen and oxygen atoms in total. The number of aromatic nitrogens is 1. The van der Waals surface area contributed by atoms with Crippen molar-refractivity contribution in [1.82, 2.24) is 4.57 Å². The van der Waals surface area contributed by atoms with Crippen LogP contribution in [-0.2, 0) is 6.54 Å². The molecule has 0 fully saturated rings. The van der Waals surface area contributed by atoms with Crippen LogP contribution >= 0.6 is 15.9 Å². The van der Waals surface area contributed by atoms with Gasteiger partial charge in [-0.2, -0.15) is 0 Å². The molecule has 3 aromatic rings. The predicted octanol–water partition coefficient (Wildman–Crippen LogP) is 4.50. The van der Waals surface area contributed by atoms with E-state index in [1.165, 1.54) is 16.7 Å². The van der Waals surface area contributed by atoms with Crippen LogP contribution in [0, 0.1) is 0 Å². The number of halogens is 1. The lowest BCUT2D eigenvalue weighted by Gasteiger charge is -2.20. The van der Waals surface area contributed by atoms with Crippen molar-refractivity contribution in [2.24, 2.45) is 0 Å². The first-order valence-electron chi connectivity index (χ1n) is 7.55. The number of aromatic hydroxyl groups is 2. The van der Waals surface area contributed by atoms with E-state index in [1.54, 1.807) is 7.11 Å². The van der Waals surface area contributed by atoms with E-state index in [4.69, 9.17) is 4.74 Å². The lowest BCUT2D eigenvalue weighted by molar-refractivity contribution is 0.361. The lowest BCUT2D eigenvalue weighted by Crippen LogP contribution is -2.10. The molecule has 1 heterocycles. The number of ether oxygens (including phenoxy) is 1. The summed E-state index contributed by atoms with van der Waals surface area (Å²) in [7, 11) is 1.64. The molecule has 2 N–H and O–H groups in total. The molecule has 0 aliphatic carbocycles. The Morgan fingerprint density at radius 1 is 0.958 bits per heavy atom. The molecule has 0 aliphatic heterocycles. The molecule has 0 bridgehead atoms. The molecule has 0 saturated heterocycles. The van der Waals surface area contributed by atoms with Gasteiger partial charge in [-0.1, -0.05) is 40.2 Å². The second-order valence-electron chi connectivity index (χ2n) is 5.54. The van der Waals surface area contributed by atoms with Gasteiger partial charge < -0.3 is 14.9 Å². The summed E-state index contributed by atoms with van der Waals surface area (Å²) in [4.78, 5) is 0. The van der Waals surface area contributed by atoms with Gasteiger partial charge in [0.1, 0.15) is 5.75 Å². The van der Waals surface area contributed by atoms with Crippen LogP contribution in [0.4, 0.5) is 0 Å². The highest BCUT2D eigenvalue weighted by Crippen LogP contribution is 2.33. The first kappa shape index (κ1) is 16.5. The zero-order valence-electron chi connectivity index (χ0n) is 13.2. The van der Waals surface area contributed by atoms with Crippen molar-refractivity contribution in [3.05, 3.63) is 76.3 Å². The normalized spacial score (nSPS) is 12.1. The minimum absolute atomic E-state index is 0.0394. The second-order valence-corrected chi connectivity index (χ2v) is 6.46. The Morgan fingerprint density at radius 3 is 2.25 bits per heavy atom. The van der Waals surface area contributed by atoms with Crippen molar-refractivity contribution < 1.29 is 14.9 Å². The van der Waals surface area contributed by atoms with Gasteiger partial charge in [0, 0.05) is 29.1 Å². The molecule has 5 heteroatoms. The van der Waals surface area contributed by atoms with E-state index in [2.05, 4.69) is 15.9 Å². The smallest absolute Gasteiger partial charge is 0.193 e. The highest BCUT2D eigenvalue weighted by molar-refractivity contribution is 9.10. The number of nitrogens with zero attached hydrogens (tertiary/aromatic N) is 1. The van der Waals surface area contributed by atoms with Gasteiger partial charge in [0.2, 0.25) is 0 Å². The molecule has 0 saturated carbocycles. The van der Waals surface area contributed by atoms with Crippen LogP contribution in [0.3, 0.4) is 0 Å². The monoisotopic (exact) mass is 387 g/mol. The van der Waals surface area contributed by atoms with Crippen molar-refractivity contribution in [2.75, 3.05) is 7.11 Å². The van der Waals surface area contributed by atoms with Crippen LogP contribution in [0.1, 0.15) is 17.0 Å². The van der Waals surface area contributed by atoms with Crippen LogP contribution in [-0.4, -0.2) is 21.9 Å². The molecule has 24 heavy (non-hydrogen) atoms. The van der Waals surface area contributed by atoms with Gasteiger partial charge in [-0.25, -0.2) is 0 Å². The van der Waals surface area contributed by atoms with Crippen LogP contribution in [0.25, 0.3) is 0 Å². The van der Waals surface area contributed by atoms with Crippen LogP contribution < -0.4 is 4.74 Å². The summed E-state index contributed by atoms with van der Waals surface area (Å²) in [5.41, 5.74) is 2.13. The summed E-state index contributed by atoms with van der Waals surface area (Å²) in [5, 5.41) is 20.0. The summed E-state index contributed by atoms with van der Waals surface area (Å²) >= 11 is 3.45. The third-order valence-electron chi connectivity index (χ3n) is 4.07. The van der Waals surface area contributed by atoms with Crippen LogP contribution in [0.15, 0.2) is 65.1 Å². The molecular weight excluding hydrogens is 370 g/mol. The fourth-order valence-corrected chi connectivity index (χ4v) is 3.04. The molecule has 124 valence electrons. The highest BCUT2D eigenvalue weighted by Gasteiger charge is 2.19. The molecule has 2 aromatic carbocycles. The number of benzene rings is 2. The molecule has 0 spiro atoms. The third-order valence-corrected chi connectivity index (χ3v) is 4.60. The van der Waals surface area contributed by atoms with Gasteiger partial charge >= 0.3 is 0 Å². The third kappa shape index (κ3) is 3.41. The molecule has 3 rings (SSSR count). The Balaban J connectivity index is 2.04. The average Bonchev–Trinajstić information content (AvgIpc) is 2.92. The predicted molar refractivity (Wildman–Crippen MR) is 96.7 cm³/mol. The van der Waals surface area contributed by atoms with Crippen molar-refractivity contribution in [3.63, 3.8) is 0 Å². The number of rotatable bonds is 5. The van der Waals surface area contributed by atoms with Crippen molar-refractivity contribution in [2.45, 2.75) is 12.5 Å². The minimum Gasteiger partial charge on any atom is -0.497 e. The fraction of sp³-hybridized carbons (Fsp3) is 0.158. The summed E-state index contributed by atoms with van der Waals surface area (Å²) in [6, 6.07) is 18.8. The Bertz CT molecular complexity index is 807. The standard InChI is InChI=1S/C19H18BrNO3/c1-24-16-4-2-3-14(11-16)17(13-5-7-15(20)8-6-13)12-21-18(22)9-10-19(21)23/h2-11,17,22-23H,12H2,1H3. The molecule has 0 amide bonds. The quantitative estimate of drug-likeness (QED) is 0.677. The van der Waals surface area contributed by atoms with Crippen LogP contribution in [0.5, 0.6) is 17.5 Å². The van der Waals surface area contributed by atoms with Crippen molar-refractivity contribution >= 4 is 15.9 Å². The molecular formula is C19H18BrNO3. The minimum atomic E-state index is -0.0441. The molecule has 0 radical (unpaired) electrons. The first-order valence-corrected chi connectivity index (χ1v) is 8.34. The lowest BCUT2D eigenvalue weighted by atomic mass is 9.91. The van der Waals surface area contributed by atoms with Gasteiger partial charge in [0.25, 0.3) is 0 Å². The Kier molecular flexibility index (Phi) is 4.81. The Hall–Kier alpha value is -2.40. The molecule has 1 atom stereocenters. The maximum Gasteiger partial charge on any atom is 0.193 e. The summed E-state index contributed by atoms with van der Waals surface area (Å²) in [6.45, 7) is 0.416. The number of hydrogen-bond acceptors (Lipinski definition) is 3. The maximum absolute atomic E-state index is 9.99. The van der Waals surface area contributed by atoms with Crippen molar-refractivity contribution in [3.8, 4) is 17.5 Å². The zero-order valence-corrected chi connectivity index (χ0v) is 14.8. The summed E-state index contributed by atoms with van der Waals surface area (Å²) in [5.74, 6) is 0.808. The summed E-state index contributed by atoms with van der Waals surface area (Å²) < 4.78 is 7.82. The Labute approximate surface area is 149 Å². The summed E-state index contributed by atoms with van der Waals surface area (Å²) in [6.07, 6.45) is 0. The van der Waals surface area contributed by atoms with E-state index in [9.17, 15) is 10.2 Å². The number of methoxy groups -OCH3 is 1. The van der Waals surface area contributed by atoms with E-state index in [1.807, 2.05) is 48.5 Å². The zero-order chi connectivity index (χ0) is 17.1. The topological polar surface area (TPSA) is 54.6 Å². The highest BCUT2D eigenvalue weighted by atomic mass is 79.9. The largest absolute Gasteiger partial charge is 0.497 e. The van der Waals surface area contributed by atoms with Gasteiger partial charge in [0.15, 0.2) is 11.8 Å².